The van der Waals surface area contributed by atoms with Gasteiger partial charge in [0.2, 0.25) is 0 Å². The summed E-state index contributed by atoms with van der Waals surface area (Å²) in [4.78, 5) is 24.5. The third kappa shape index (κ3) is 4.35. The Balaban J connectivity index is 1.69. The Hall–Kier alpha value is -3.98. The van der Waals surface area contributed by atoms with Gasteiger partial charge in [-0.1, -0.05) is 12.1 Å². The van der Waals surface area contributed by atoms with Crippen molar-refractivity contribution < 1.29 is 14.0 Å². The van der Waals surface area contributed by atoms with Crippen LogP contribution in [0.1, 0.15) is 26.3 Å². The molecule has 0 fully saturated rings. The second kappa shape index (κ2) is 7.93. The van der Waals surface area contributed by atoms with Gasteiger partial charge in [-0.2, -0.15) is 5.26 Å². The fourth-order valence-electron chi connectivity index (χ4n) is 2.39. The van der Waals surface area contributed by atoms with Crippen LogP contribution in [0, 0.1) is 17.1 Å². The van der Waals surface area contributed by atoms with Gasteiger partial charge in [-0.05, 0) is 60.7 Å². The maximum absolute atomic E-state index is 12.9. The van der Waals surface area contributed by atoms with E-state index in [2.05, 4.69) is 10.6 Å². The van der Waals surface area contributed by atoms with Crippen LogP contribution in [0.2, 0.25) is 0 Å². The molecule has 0 saturated heterocycles. The molecule has 0 heterocycles. The number of nitriles is 1. The van der Waals surface area contributed by atoms with Gasteiger partial charge >= 0.3 is 0 Å². The van der Waals surface area contributed by atoms with Gasteiger partial charge in [-0.25, -0.2) is 4.39 Å². The number of anilines is 2. The number of para-hydroxylation sites is 1. The van der Waals surface area contributed by atoms with Crippen LogP contribution >= 0.6 is 0 Å². The topological polar surface area (TPSA) is 82.0 Å². The monoisotopic (exact) mass is 359 g/mol. The van der Waals surface area contributed by atoms with Crippen LogP contribution in [-0.2, 0) is 0 Å². The highest BCUT2D eigenvalue weighted by molar-refractivity contribution is 6.07. The molecule has 0 radical (unpaired) electrons. The van der Waals surface area contributed by atoms with Gasteiger partial charge in [0.05, 0.1) is 11.3 Å². The normalized spacial score (nSPS) is 9.93. The minimum atomic E-state index is -0.388. The lowest BCUT2D eigenvalue weighted by Gasteiger charge is -2.08. The number of nitrogens with one attached hydrogen (secondary N) is 2. The van der Waals surface area contributed by atoms with Gasteiger partial charge in [-0.15, -0.1) is 0 Å². The van der Waals surface area contributed by atoms with E-state index < -0.39 is 0 Å². The van der Waals surface area contributed by atoms with Gasteiger partial charge in [0.25, 0.3) is 11.8 Å². The summed E-state index contributed by atoms with van der Waals surface area (Å²) >= 11 is 0. The first-order valence-electron chi connectivity index (χ1n) is 8.04. The van der Waals surface area contributed by atoms with Gasteiger partial charge < -0.3 is 10.6 Å². The third-order valence-electron chi connectivity index (χ3n) is 3.81. The minimum absolute atomic E-state index is 0.348. The number of benzene rings is 3. The molecule has 0 bridgehead atoms. The summed E-state index contributed by atoms with van der Waals surface area (Å²) in [5.41, 5.74) is 1.95. The van der Waals surface area contributed by atoms with Crippen LogP contribution in [0.3, 0.4) is 0 Å². The van der Waals surface area contributed by atoms with E-state index in [1.807, 2.05) is 6.07 Å². The Morgan fingerprint density at radius 2 is 1.33 bits per heavy atom. The molecule has 0 aliphatic carbocycles. The summed E-state index contributed by atoms with van der Waals surface area (Å²) in [6, 6.07) is 20.2. The van der Waals surface area contributed by atoms with E-state index in [0.717, 1.165) is 0 Å². The molecule has 0 aromatic heterocycles. The van der Waals surface area contributed by atoms with Crippen LogP contribution in [0.4, 0.5) is 15.8 Å². The molecule has 3 aromatic carbocycles. The number of halogens is 1. The van der Waals surface area contributed by atoms with Gasteiger partial charge in [0.15, 0.2) is 0 Å². The summed E-state index contributed by atoms with van der Waals surface area (Å²) < 4.78 is 12.9. The van der Waals surface area contributed by atoms with Crippen molar-refractivity contribution >= 4 is 23.2 Å². The number of hydrogen-bond acceptors (Lipinski definition) is 3. The Morgan fingerprint density at radius 3 is 1.93 bits per heavy atom. The molecule has 2 N–H and O–H groups in total. The molecule has 0 spiro atoms. The first-order valence-corrected chi connectivity index (χ1v) is 8.04. The van der Waals surface area contributed by atoms with E-state index >= 15 is 0 Å². The quantitative estimate of drug-likeness (QED) is 0.732. The highest BCUT2D eigenvalue weighted by Gasteiger charge is 2.11. The summed E-state index contributed by atoms with van der Waals surface area (Å²) in [6.07, 6.45) is 0. The maximum atomic E-state index is 12.9. The molecule has 0 unspecified atom stereocenters. The number of nitrogens with zero attached hydrogens (tertiary/aromatic N) is 1. The third-order valence-corrected chi connectivity index (χ3v) is 3.81. The lowest BCUT2D eigenvalue weighted by molar-refractivity contribution is 0.101. The zero-order valence-corrected chi connectivity index (χ0v) is 14.1. The van der Waals surface area contributed by atoms with Crippen LogP contribution < -0.4 is 10.6 Å². The van der Waals surface area contributed by atoms with Crippen molar-refractivity contribution in [2.45, 2.75) is 0 Å². The van der Waals surface area contributed by atoms with E-state index in [4.69, 9.17) is 5.26 Å². The molecule has 3 aromatic rings. The van der Waals surface area contributed by atoms with Crippen LogP contribution in [-0.4, -0.2) is 11.8 Å². The number of hydrogen-bond donors (Lipinski definition) is 2. The highest BCUT2D eigenvalue weighted by Crippen LogP contribution is 2.16. The van der Waals surface area contributed by atoms with Crippen molar-refractivity contribution in [3.63, 3.8) is 0 Å². The van der Waals surface area contributed by atoms with E-state index in [-0.39, 0.29) is 17.6 Å². The Labute approximate surface area is 155 Å². The van der Waals surface area contributed by atoms with Crippen molar-refractivity contribution in [2.24, 2.45) is 0 Å². The van der Waals surface area contributed by atoms with E-state index in [1.54, 1.807) is 24.3 Å². The lowest BCUT2D eigenvalue weighted by atomic mass is 10.1. The zero-order chi connectivity index (χ0) is 19.2. The molecule has 2 amide bonds. The molecule has 0 atom stereocenters. The van der Waals surface area contributed by atoms with Gasteiger partial charge in [0, 0.05) is 16.8 Å². The average molecular weight is 359 g/mol. The highest BCUT2D eigenvalue weighted by atomic mass is 19.1. The first kappa shape index (κ1) is 17.8. The van der Waals surface area contributed by atoms with Crippen molar-refractivity contribution in [3.05, 3.63) is 95.3 Å². The Bertz CT molecular complexity index is 1020. The standard InChI is InChI=1S/C21H14FN3O2/c22-17-9-11-18(12-10-17)24-20(26)14-5-7-15(8-6-14)21(27)25-19-4-2-1-3-16(19)13-23/h1-12H,(H,24,26)(H,25,27). The van der Waals surface area contributed by atoms with Crippen molar-refractivity contribution in [1.29, 1.82) is 5.26 Å². The summed E-state index contributed by atoms with van der Waals surface area (Å²) in [7, 11) is 0. The van der Waals surface area contributed by atoms with Crippen molar-refractivity contribution in [1.82, 2.24) is 0 Å². The summed E-state index contributed by atoms with van der Waals surface area (Å²) in [5.74, 6) is -1.15. The smallest absolute Gasteiger partial charge is 0.255 e. The predicted molar refractivity (Wildman–Crippen MR) is 99.9 cm³/mol. The number of carbonyl (C=O) groups excluding carboxylic acids is 2. The Morgan fingerprint density at radius 1 is 0.778 bits per heavy atom. The van der Waals surface area contributed by atoms with Crippen molar-refractivity contribution in [3.8, 4) is 6.07 Å². The lowest BCUT2D eigenvalue weighted by Crippen LogP contribution is -2.14. The second-order valence-corrected chi connectivity index (χ2v) is 5.65. The SMILES string of the molecule is N#Cc1ccccc1NC(=O)c1ccc(C(=O)Nc2ccc(F)cc2)cc1. The number of amides is 2. The predicted octanol–water partition coefficient (Wildman–Crippen LogP) is 4.20. The maximum Gasteiger partial charge on any atom is 0.255 e. The Kier molecular flexibility index (Phi) is 5.24. The minimum Gasteiger partial charge on any atom is -0.322 e. The fraction of sp³-hybridized carbons (Fsp3) is 0. The number of rotatable bonds is 4. The summed E-state index contributed by atoms with van der Waals surface area (Å²) in [5, 5.41) is 14.4. The van der Waals surface area contributed by atoms with E-state index in [1.165, 1.54) is 48.5 Å². The fourth-order valence-corrected chi connectivity index (χ4v) is 2.39. The molecule has 0 saturated carbocycles. The molecule has 0 aliphatic rings. The molecule has 132 valence electrons. The first-order chi connectivity index (χ1) is 13.1. The van der Waals surface area contributed by atoms with Crippen LogP contribution in [0.25, 0.3) is 0 Å². The molecular formula is C21H14FN3O2. The molecule has 0 aliphatic heterocycles. The molecule has 27 heavy (non-hydrogen) atoms. The molecule has 5 nitrogen and oxygen atoms in total. The van der Waals surface area contributed by atoms with Gasteiger partial charge in [0.1, 0.15) is 11.9 Å². The second-order valence-electron chi connectivity index (χ2n) is 5.65. The number of carbonyl (C=O) groups is 2. The zero-order valence-electron chi connectivity index (χ0n) is 14.1. The van der Waals surface area contributed by atoms with Crippen LogP contribution in [0.15, 0.2) is 72.8 Å². The molecule has 6 heteroatoms. The van der Waals surface area contributed by atoms with Gasteiger partial charge in [-0.3, -0.25) is 9.59 Å². The van der Waals surface area contributed by atoms with Crippen LogP contribution in [0.5, 0.6) is 0 Å². The largest absolute Gasteiger partial charge is 0.322 e. The summed E-state index contributed by atoms with van der Waals surface area (Å²) in [6.45, 7) is 0. The van der Waals surface area contributed by atoms with E-state index in [0.29, 0.717) is 28.1 Å². The van der Waals surface area contributed by atoms with Crippen molar-refractivity contribution in [2.75, 3.05) is 10.6 Å². The average Bonchev–Trinajstić information content (AvgIpc) is 2.70. The van der Waals surface area contributed by atoms with E-state index in [9.17, 15) is 14.0 Å². The molecule has 3 rings (SSSR count). The molecular weight excluding hydrogens is 345 g/mol.